The highest BCUT2D eigenvalue weighted by Crippen LogP contribution is 2.20. The molecule has 3 rings (SSSR count). The number of rotatable bonds is 7. The molecule has 29 heavy (non-hydrogen) atoms. The van der Waals surface area contributed by atoms with Gasteiger partial charge in [0.1, 0.15) is 11.5 Å². The molecule has 0 saturated carbocycles. The highest BCUT2D eigenvalue weighted by atomic mass is 127. The number of nitrogens with zero attached hydrogens (tertiary/aromatic N) is 2. The number of halogens is 1. The van der Waals surface area contributed by atoms with Gasteiger partial charge in [0.15, 0.2) is 13.2 Å². The van der Waals surface area contributed by atoms with E-state index >= 15 is 0 Å². The monoisotopic (exact) mass is 510 g/mol. The summed E-state index contributed by atoms with van der Waals surface area (Å²) in [5.41, 5.74) is 1.09. The minimum absolute atomic E-state index is 0.193. The number of esters is 1. The molecule has 0 aliphatic carbocycles. The molecule has 2 aromatic rings. The summed E-state index contributed by atoms with van der Waals surface area (Å²) in [6, 6.07) is 15.2. The third-order valence-electron chi connectivity index (χ3n) is 4.60. The first-order valence-electron chi connectivity index (χ1n) is 9.26. The third kappa shape index (κ3) is 6.25. The Kier molecular flexibility index (Phi) is 7.56. The van der Waals surface area contributed by atoms with E-state index in [0.29, 0.717) is 18.8 Å². The van der Waals surface area contributed by atoms with Gasteiger partial charge in [0.05, 0.1) is 7.11 Å². The van der Waals surface area contributed by atoms with Crippen LogP contribution >= 0.6 is 22.6 Å². The van der Waals surface area contributed by atoms with Crippen LogP contribution in [0.25, 0.3) is 0 Å². The highest BCUT2D eigenvalue weighted by Gasteiger charge is 2.22. The number of hydrogen-bond acceptors (Lipinski definition) is 6. The molecule has 1 aliphatic rings. The third-order valence-corrected chi connectivity index (χ3v) is 5.32. The molecule has 1 heterocycles. The number of anilines is 1. The predicted octanol–water partition coefficient (Wildman–Crippen LogP) is 2.57. The molecule has 154 valence electrons. The Bertz CT molecular complexity index is 818. The summed E-state index contributed by atoms with van der Waals surface area (Å²) in [7, 11) is 1.64. The van der Waals surface area contributed by atoms with Gasteiger partial charge < -0.3 is 24.0 Å². The summed E-state index contributed by atoms with van der Waals surface area (Å²) in [6.45, 7) is 2.13. The standard InChI is InChI=1S/C21H23IN2O5/c1-27-18-8-4-17(5-9-18)23-10-12-24(13-11-23)20(25)14-29-21(26)15-28-19-6-2-16(22)3-7-19/h2-9H,10-15H2,1H3. The number of hydrogen-bond donors (Lipinski definition) is 0. The van der Waals surface area contributed by atoms with E-state index in [-0.39, 0.29) is 19.1 Å². The first-order valence-corrected chi connectivity index (χ1v) is 10.3. The topological polar surface area (TPSA) is 68.3 Å². The van der Waals surface area contributed by atoms with Crippen molar-refractivity contribution < 1.29 is 23.8 Å². The van der Waals surface area contributed by atoms with Gasteiger partial charge in [0.2, 0.25) is 0 Å². The quantitative estimate of drug-likeness (QED) is 0.422. The van der Waals surface area contributed by atoms with Gasteiger partial charge in [-0.1, -0.05) is 0 Å². The molecule has 0 aromatic heterocycles. The van der Waals surface area contributed by atoms with Gasteiger partial charge in [0, 0.05) is 35.4 Å². The normalized spacial score (nSPS) is 13.7. The summed E-state index contributed by atoms with van der Waals surface area (Å²) < 4.78 is 16.7. The number of methoxy groups -OCH3 is 1. The minimum atomic E-state index is -0.561. The Morgan fingerprint density at radius 2 is 1.52 bits per heavy atom. The Hall–Kier alpha value is -2.49. The van der Waals surface area contributed by atoms with E-state index in [1.165, 1.54) is 0 Å². The number of piperazine rings is 1. The van der Waals surface area contributed by atoms with Crippen LogP contribution < -0.4 is 14.4 Å². The lowest BCUT2D eigenvalue weighted by molar-refractivity contribution is -0.153. The fourth-order valence-corrected chi connectivity index (χ4v) is 3.31. The zero-order chi connectivity index (χ0) is 20.6. The second-order valence-corrected chi connectivity index (χ2v) is 7.71. The molecule has 0 radical (unpaired) electrons. The van der Waals surface area contributed by atoms with Crippen LogP contribution in [-0.4, -0.2) is 63.3 Å². The van der Waals surface area contributed by atoms with Crippen LogP contribution in [0.15, 0.2) is 48.5 Å². The van der Waals surface area contributed by atoms with Gasteiger partial charge in [-0.05, 0) is 71.1 Å². The van der Waals surface area contributed by atoms with Crippen molar-refractivity contribution in [2.45, 2.75) is 0 Å². The van der Waals surface area contributed by atoms with Crippen LogP contribution in [0.3, 0.4) is 0 Å². The van der Waals surface area contributed by atoms with E-state index in [0.717, 1.165) is 28.1 Å². The average molecular weight is 510 g/mol. The minimum Gasteiger partial charge on any atom is -0.497 e. The molecule has 0 bridgehead atoms. The van der Waals surface area contributed by atoms with E-state index in [1.54, 1.807) is 24.1 Å². The lowest BCUT2D eigenvalue weighted by Gasteiger charge is -2.36. The van der Waals surface area contributed by atoms with Crippen molar-refractivity contribution in [1.29, 1.82) is 0 Å². The van der Waals surface area contributed by atoms with E-state index in [2.05, 4.69) is 27.5 Å². The van der Waals surface area contributed by atoms with Gasteiger partial charge in [-0.2, -0.15) is 0 Å². The van der Waals surface area contributed by atoms with Crippen LogP contribution in [-0.2, 0) is 14.3 Å². The second-order valence-electron chi connectivity index (χ2n) is 6.47. The van der Waals surface area contributed by atoms with Crippen LogP contribution in [0.5, 0.6) is 11.5 Å². The van der Waals surface area contributed by atoms with Crippen molar-refractivity contribution in [3.8, 4) is 11.5 Å². The van der Waals surface area contributed by atoms with Crippen LogP contribution in [0, 0.1) is 3.57 Å². The Labute approximate surface area is 183 Å². The molecular weight excluding hydrogens is 487 g/mol. The van der Waals surface area contributed by atoms with E-state index in [9.17, 15) is 9.59 Å². The van der Waals surface area contributed by atoms with Crippen LogP contribution in [0.2, 0.25) is 0 Å². The maximum Gasteiger partial charge on any atom is 0.344 e. The van der Waals surface area contributed by atoms with Crippen LogP contribution in [0.4, 0.5) is 5.69 Å². The maximum atomic E-state index is 12.3. The number of ether oxygens (including phenoxy) is 3. The van der Waals surface area contributed by atoms with Gasteiger partial charge >= 0.3 is 5.97 Å². The number of amides is 1. The summed E-state index contributed by atoms with van der Waals surface area (Å²) in [4.78, 5) is 28.1. The average Bonchev–Trinajstić information content (AvgIpc) is 2.77. The molecule has 0 N–H and O–H groups in total. The summed E-state index contributed by atoms with van der Waals surface area (Å²) in [5.74, 6) is 0.648. The van der Waals surface area contributed by atoms with Crippen molar-refractivity contribution in [3.63, 3.8) is 0 Å². The fourth-order valence-electron chi connectivity index (χ4n) is 2.96. The van der Waals surface area contributed by atoms with Crippen molar-refractivity contribution >= 4 is 40.2 Å². The molecule has 0 spiro atoms. The number of carbonyl (C=O) groups excluding carboxylic acids is 2. The van der Waals surface area contributed by atoms with Gasteiger partial charge in [-0.3, -0.25) is 4.79 Å². The smallest absolute Gasteiger partial charge is 0.344 e. The molecular formula is C21H23IN2O5. The van der Waals surface area contributed by atoms with Gasteiger partial charge in [0.25, 0.3) is 5.91 Å². The fraction of sp³-hybridized carbons (Fsp3) is 0.333. The Morgan fingerprint density at radius 3 is 2.14 bits per heavy atom. The van der Waals surface area contributed by atoms with Crippen LogP contribution in [0.1, 0.15) is 0 Å². The van der Waals surface area contributed by atoms with Crippen molar-refractivity contribution in [1.82, 2.24) is 4.90 Å². The zero-order valence-electron chi connectivity index (χ0n) is 16.2. The molecule has 1 amide bonds. The first-order chi connectivity index (χ1) is 14.0. The van der Waals surface area contributed by atoms with Crippen molar-refractivity contribution in [3.05, 3.63) is 52.1 Å². The molecule has 8 heteroatoms. The van der Waals surface area contributed by atoms with Crippen molar-refractivity contribution in [2.24, 2.45) is 0 Å². The lowest BCUT2D eigenvalue weighted by atomic mass is 10.2. The van der Waals surface area contributed by atoms with Crippen molar-refractivity contribution in [2.75, 3.05) is 51.4 Å². The molecule has 1 fully saturated rings. The molecule has 7 nitrogen and oxygen atoms in total. The lowest BCUT2D eigenvalue weighted by Crippen LogP contribution is -2.50. The van der Waals surface area contributed by atoms with E-state index in [1.807, 2.05) is 36.4 Å². The Morgan fingerprint density at radius 1 is 0.897 bits per heavy atom. The van der Waals surface area contributed by atoms with Gasteiger partial charge in [-0.25, -0.2) is 4.79 Å². The zero-order valence-corrected chi connectivity index (χ0v) is 18.3. The second kappa shape index (κ2) is 10.3. The predicted molar refractivity (Wildman–Crippen MR) is 117 cm³/mol. The summed E-state index contributed by atoms with van der Waals surface area (Å²) >= 11 is 2.19. The Balaban J connectivity index is 1.37. The van der Waals surface area contributed by atoms with E-state index in [4.69, 9.17) is 14.2 Å². The maximum absolute atomic E-state index is 12.3. The number of benzene rings is 2. The highest BCUT2D eigenvalue weighted by molar-refractivity contribution is 14.1. The molecule has 0 unspecified atom stereocenters. The molecule has 2 aromatic carbocycles. The molecule has 0 atom stereocenters. The van der Waals surface area contributed by atoms with Gasteiger partial charge in [-0.15, -0.1) is 0 Å². The SMILES string of the molecule is COc1ccc(N2CCN(C(=O)COC(=O)COc3ccc(I)cc3)CC2)cc1. The molecule has 1 saturated heterocycles. The summed E-state index contributed by atoms with van der Waals surface area (Å²) in [6.07, 6.45) is 0. The van der Waals surface area contributed by atoms with E-state index < -0.39 is 5.97 Å². The molecule has 1 aliphatic heterocycles. The first kappa shape index (κ1) is 21.2. The number of carbonyl (C=O) groups is 2. The largest absolute Gasteiger partial charge is 0.497 e. The summed E-state index contributed by atoms with van der Waals surface area (Å²) in [5, 5.41) is 0.